The van der Waals surface area contributed by atoms with Gasteiger partial charge in [0.25, 0.3) is 0 Å². The minimum absolute atomic E-state index is 0.0545. The van der Waals surface area contributed by atoms with Gasteiger partial charge < -0.3 is 41.2 Å². The van der Waals surface area contributed by atoms with Crippen molar-refractivity contribution in [3.05, 3.63) is 123 Å². The van der Waals surface area contributed by atoms with E-state index in [0.29, 0.717) is 29.0 Å². The summed E-state index contributed by atoms with van der Waals surface area (Å²) in [5.41, 5.74) is 13.9. The maximum atomic E-state index is 12.5. The number of carbonyl (C=O) groups is 4. The predicted molar refractivity (Wildman–Crippen MR) is 240 cm³/mol. The number of hydrogen-bond acceptors (Lipinski definition) is 14. The second-order valence-electron chi connectivity index (χ2n) is 14.3. The van der Waals surface area contributed by atoms with E-state index in [2.05, 4.69) is 60.6 Å². The van der Waals surface area contributed by atoms with Crippen molar-refractivity contribution in [1.82, 2.24) is 5.32 Å². The van der Waals surface area contributed by atoms with Crippen LogP contribution in [0.2, 0.25) is 0 Å². The Kier molecular flexibility index (Phi) is 23.3. The molecule has 1 aliphatic rings. The van der Waals surface area contributed by atoms with Crippen LogP contribution in [0.3, 0.4) is 0 Å². The summed E-state index contributed by atoms with van der Waals surface area (Å²) in [5, 5.41) is 38.2. The number of nitrogens with two attached hydrogens (primary N) is 1. The maximum absolute atomic E-state index is 12.5. The van der Waals surface area contributed by atoms with E-state index in [1.807, 2.05) is 52.0 Å². The molecule has 6 N–H and O–H groups in total. The average molecular weight is 865 g/mol. The monoisotopic (exact) mass is 864 g/mol. The first-order valence-electron chi connectivity index (χ1n) is 19.6. The van der Waals surface area contributed by atoms with Crippen LogP contribution in [0.1, 0.15) is 72.2 Å². The molecule has 1 amide bonds. The van der Waals surface area contributed by atoms with E-state index in [9.17, 15) is 23.6 Å². The summed E-state index contributed by atoms with van der Waals surface area (Å²) in [7, 11) is 3.98. The van der Waals surface area contributed by atoms with Gasteiger partial charge in [-0.1, -0.05) is 35.9 Å². The Hall–Kier alpha value is -7.48. The number of carbonyl (C=O) groups excluding carboxylic acids is 4. The minimum Gasteiger partial charge on any atom is -0.468 e. The number of halogens is 1. The molecule has 4 aromatic carbocycles. The van der Waals surface area contributed by atoms with Crippen molar-refractivity contribution in [1.29, 1.82) is 15.8 Å². The van der Waals surface area contributed by atoms with Crippen LogP contribution in [-0.4, -0.2) is 69.3 Å². The lowest BCUT2D eigenvalue weighted by Crippen LogP contribution is -2.34. The molecule has 0 spiro atoms. The number of anilines is 3. The van der Waals surface area contributed by atoms with E-state index in [0.717, 1.165) is 27.9 Å². The Morgan fingerprint density at radius 1 is 0.683 bits per heavy atom. The number of esters is 3. The lowest BCUT2D eigenvalue weighted by molar-refractivity contribution is -0.142. The molecule has 4 aromatic rings. The van der Waals surface area contributed by atoms with Crippen molar-refractivity contribution in [3.63, 3.8) is 0 Å². The fourth-order valence-corrected chi connectivity index (χ4v) is 5.25. The number of amides is 1. The number of nitrogens with zero attached hydrogens (tertiary/aromatic N) is 3. The highest BCUT2D eigenvalue weighted by molar-refractivity contribution is 5.86. The Balaban J connectivity index is 0.000000404. The summed E-state index contributed by atoms with van der Waals surface area (Å²) in [6.07, 6.45) is 0. The van der Waals surface area contributed by atoms with Crippen molar-refractivity contribution < 1.29 is 37.8 Å². The zero-order valence-corrected chi connectivity index (χ0v) is 37.6. The summed E-state index contributed by atoms with van der Waals surface area (Å²) in [6, 6.07) is 25.8. The molecule has 5 rings (SSSR count). The van der Waals surface area contributed by atoms with E-state index in [1.165, 1.54) is 39.0 Å². The van der Waals surface area contributed by atoms with Crippen LogP contribution in [-0.2, 0) is 39.9 Å². The maximum Gasteiger partial charge on any atom is 0.327 e. The molecule has 0 saturated heterocycles. The van der Waals surface area contributed by atoms with Crippen LogP contribution in [0.15, 0.2) is 72.8 Å². The number of aryl methyl sites for hydroxylation is 4. The van der Waals surface area contributed by atoms with Gasteiger partial charge in [0.2, 0.25) is 5.91 Å². The second kappa shape index (κ2) is 27.4. The van der Waals surface area contributed by atoms with E-state index < -0.39 is 23.9 Å². The summed E-state index contributed by atoms with van der Waals surface area (Å²) >= 11 is 0. The van der Waals surface area contributed by atoms with E-state index in [1.54, 1.807) is 57.2 Å². The van der Waals surface area contributed by atoms with Crippen molar-refractivity contribution in [3.8, 4) is 18.2 Å². The molecule has 15 nitrogen and oxygen atoms in total. The molecular weight excluding hydrogens is 808 g/mol. The molecule has 0 aromatic heterocycles. The molecule has 0 radical (unpaired) electrons. The highest BCUT2D eigenvalue weighted by atomic mass is 19.1. The fraction of sp³-hybridized carbons (Fsp3) is 0.340. The third-order valence-corrected chi connectivity index (χ3v) is 8.74. The number of rotatable bonds is 7. The molecule has 63 heavy (non-hydrogen) atoms. The Morgan fingerprint density at radius 2 is 1.08 bits per heavy atom. The van der Waals surface area contributed by atoms with Crippen LogP contribution in [0.5, 0.6) is 0 Å². The van der Waals surface area contributed by atoms with E-state index >= 15 is 0 Å². The van der Waals surface area contributed by atoms with Crippen LogP contribution < -0.4 is 27.0 Å². The molecule has 4 unspecified atom stereocenters. The zero-order chi connectivity index (χ0) is 47.8. The van der Waals surface area contributed by atoms with Gasteiger partial charge in [-0.25, -0.2) is 14.0 Å². The topological polar surface area (TPSA) is 241 Å². The van der Waals surface area contributed by atoms with Crippen molar-refractivity contribution in [2.75, 3.05) is 37.3 Å². The number of hydrogen-bond donors (Lipinski definition) is 5. The van der Waals surface area contributed by atoms with Gasteiger partial charge in [0.1, 0.15) is 48.2 Å². The lowest BCUT2D eigenvalue weighted by atomic mass is 10.1. The molecule has 0 bridgehead atoms. The summed E-state index contributed by atoms with van der Waals surface area (Å²) in [6.45, 7) is 15.1. The largest absolute Gasteiger partial charge is 0.468 e. The molecular formula is C47H57FN8O7. The van der Waals surface area contributed by atoms with Gasteiger partial charge in [-0.15, -0.1) is 0 Å². The van der Waals surface area contributed by atoms with Crippen LogP contribution in [0.4, 0.5) is 21.5 Å². The van der Waals surface area contributed by atoms with Crippen molar-refractivity contribution in [2.24, 2.45) is 5.73 Å². The predicted octanol–water partition coefficient (Wildman–Crippen LogP) is 6.62. The van der Waals surface area contributed by atoms with Crippen molar-refractivity contribution >= 4 is 40.9 Å². The Morgan fingerprint density at radius 3 is 1.46 bits per heavy atom. The molecule has 1 aliphatic heterocycles. The van der Waals surface area contributed by atoms with Gasteiger partial charge in [0.05, 0.1) is 49.4 Å². The number of fused-ring (bicyclic) bond motifs is 1. The lowest BCUT2D eigenvalue weighted by Gasteiger charge is -2.14. The summed E-state index contributed by atoms with van der Waals surface area (Å²) in [4.78, 5) is 44.0. The third-order valence-electron chi connectivity index (χ3n) is 8.74. The number of benzene rings is 4. The average Bonchev–Trinajstić information content (AvgIpc) is 3.41. The quantitative estimate of drug-likeness (QED) is 0.0970. The van der Waals surface area contributed by atoms with E-state index in [-0.39, 0.29) is 35.4 Å². The molecule has 16 heteroatoms. The Labute approximate surface area is 369 Å². The van der Waals surface area contributed by atoms with Gasteiger partial charge in [0.15, 0.2) is 0 Å². The van der Waals surface area contributed by atoms with Gasteiger partial charge in [-0.2, -0.15) is 15.8 Å². The molecule has 0 saturated carbocycles. The molecule has 1 heterocycles. The summed E-state index contributed by atoms with van der Waals surface area (Å²) < 4.78 is 26.0. The standard InChI is InChI=1S/2C12H14N2O2.C11H14N2O.C8H6FN.C4H9NO2/c2*1-8-4-5-11(10(6-8)7-13)14-9(2)12(15)16-3;1-7-3-4-10-9(5-7)6-12-11(14)8(2)13-10;1-6-2-3-8(9)7(4-6)5-10;1-3(5)4(6)7-2/h2*4-6,9,14H,1-3H3;3-5,8,13H,6H2,1-2H3,(H,12,14);2-4H,1H3;3H,5H2,1-2H3. The fourth-order valence-electron chi connectivity index (χ4n) is 5.25. The number of nitrogens with one attached hydrogen (secondary N) is 4. The molecule has 4 atom stereocenters. The third kappa shape index (κ3) is 18.8. The van der Waals surface area contributed by atoms with Crippen LogP contribution in [0, 0.1) is 67.5 Å². The first kappa shape index (κ1) is 53.5. The highest BCUT2D eigenvalue weighted by Gasteiger charge is 2.18. The van der Waals surface area contributed by atoms with Crippen LogP contribution >= 0.6 is 0 Å². The smallest absolute Gasteiger partial charge is 0.327 e. The first-order valence-corrected chi connectivity index (χ1v) is 19.6. The SMILES string of the molecule is COC(=O)C(C)N.COC(=O)C(C)Nc1ccc(C)cc1C#N.COC(=O)C(C)Nc1ccc(C)cc1C#N.Cc1ccc(F)c(C#N)c1.Cc1ccc2c(c1)CNC(=O)C(C)N2. The van der Waals surface area contributed by atoms with Gasteiger partial charge in [-0.3, -0.25) is 9.59 Å². The van der Waals surface area contributed by atoms with Gasteiger partial charge >= 0.3 is 17.9 Å². The normalized spacial score (nSPS) is 13.2. The number of methoxy groups -OCH3 is 3. The van der Waals surface area contributed by atoms with Gasteiger partial charge in [0, 0.05) is 12.2 Å². The zero-order valence-electron chi connectivity index (χ0n) is 37.6. The van der Waals surface area contributed by atoms with Gasteiger partial charge in [-0.05, 0) is 120 Å². The summed E-state index contributed by atoms with van der Waals surface area (Å²) in [5.74, 6) is -1.49. The molecule has 334 valence electrons. The first-order chi connectivity index (χ1) is 29.7. The molecule has 0 aliphatic carbocycles. The second-order valence-corrected chi connectivity index (χ2v) is 14.3. The van der Waals surface area contributed by atoms with Crippen molar-refractivity contribution in [2.45, 2.75) is 86.1 Å². The van der Waals surface area contributed by atoms with Crippen LogP contribution in [0.25, 0.3) is 0 Å². The number of nitriles is 3. The Bertz CT molecular complexity index is 2230. The highest BCUT2D eigenvalue weighted by Crippen LogP contribution is 2.21. The minimum atomic E-state index is -0.495. The molecule has 0 fully saturated rings. The number of ether oxygens (including phenoxy) is 3. The van der Waals surface area contributed by atoms with E-state index in [4.69, 9.17) is 21.5 Å².